The number of piperidine rings is 1. The third kappa shape index (κ3) is 3.42. The number of nitrogens with one attached hydrogen (secondary N) is 1. The number of carbonyl (C=O) groups is 1. The van der Waals surface area contributed by atoms with Crippen LogP contribution in [0, 0.1) is 30.6 Å². The Hall–Kier alpha value is -1.40. The lowest BCUT2D eigenvalue weighted by molar-refractivity contribution is -0.124. The molecule has 29 heavy (non-hydrogen) atoms. The average Bonchev–Trinajstić information content (AvgIpc) is 3.05. The molecule has 1 amide bonds. The predicted molar refractivity (Wildman–Crippen MR) is 112 cm³/mol. The van der Waals surface area contributed by atoms with Gasteiger partial charge < -0.3 is 5.32 Å². The molecule has 6 heteroatoms. The molecule has 0 radical (unpaired) electrons. The highest BCUT2D eigenvalue weighted by molar-refractivity contribution is 7.89. The molecule has 1 saturated heterocycles. The van der Waals surface area contributed by atoms with Crippen LogP contribution in [0.25, 0.3) is 0 Å². The first-order chi connectivity index (χ1) is 13.9. The minimum atomic E-state index is -3.44. The van der Waals surface area contributed by atoms with E-state index in [1.165, 1.54) is 32.1 Å². The van der Waals surface area contributed by atoms with Gasteiger partial charge in [-0.2, -0.15) is 4.31 Å². The molecule has 4 saturated carbocycles. The van der Waals surface area contributed by atoms with Crippen molar-refractivity contribution >= 4 is 15.9 Å². The van der Waals surface area contributed by atoms with E-state index >= 15 is 0 Å². The molecule has 1 N–H and O–H groups in total. The van der Waals surface area contributed by atoms with E-state index in [1.807, 2.05) is 19.1 Å². The molecule has 158 valence electrons. The minimum Gasteiger partial charge on any atom is -0.350 e. The molecular weight excluding hydrogens is 384 g/mol. The van der Waals surface area contributed by atoms with Crippen molar-refractivity contribution in [2.24, 2.45) is 23.7 Å². The van der Waals surface area contributed by atoms with Gasteiger partial charge in [-0.25, -0.2) is 8.42 Å². The summed E-state index contributed by atoms with van der Waals surface area (Å²) in [6, 6.07) is 7.17. The number of carbonyl (C=O) groups excluding carboxylic acids is 1. The Morgan fingerprint density at radius 2 is 1.76 bits per heavy atom. The van der Waals surface area contributed by atoms with Gasteiger partial charge >= 0.3 is 0 Å². The van der Waals surface area contributed by atoms with Crippen molar-refractivity contribution in [1.82, 2.24) is 9.62 Å². The molecule has 3 unspecified atom stereocenters. The van der Waals surface area contributed by atoms with Crippen LogP contribution in [0.15, 0.2) is 29.2 Å². The SMILES string of the molecule is Cc1ccccc1S(=O)(=O)N1CCC(CC(=O)NC23CC4CC2C[C@H](C4)C3)CC1. The molecule has 6 rings (SSSR count). The first kappa shape index (κ1) is 19.6. The molecule has 5 fully saturated rings. The van der Waals surface area contributed by atoms with Crippen molar-refractivity contribution in [2.45, 2.75) is 68.7 Å². The molecule has 5 nitrogen and oxygen atoms in total. The Balaban J connectivity index is 1.17. The summed E-state index contributed by atoms with van der Waals surface area (Å²) in [5.41, 5.74) is 0.883. The fourth-order valence-corrected chi connectivity index (χ4v) is 8.63. The van der Waals surface area contributed by atoms with E-state index in [2.05, 4.69) is 5.32 Å². The molecule has 4 bridgehead atoms. The maximum atomic E-state index is 13.0. The Morgan fingerprint density at radius 1 is 1.10 bits per heavy atom. The van der Waals surface area contributed by atoms with E-state index in [-0.39, 0.29) is 17.4 Å². The van der Waals surface area contributed by atoms with Crippen LogP contribution >= 0.6 is 0 Å². The fraction of sp³-hybridized carbons (Fsp3) is 0.696. The summed E-state index contributed by atoms with van der Waals surface area (Å²) in [4.78, 5) is 13.2. The summed E-state index contributed by atoms with van der Waals surface area (Å²) >= 11 is 0. The minimum absolute atomic E-state index is 0.0968. The molecule has 4 atom stereocenters. The summed E-state index contributed by atoms with van der Waals surface area (Å²) in [6.07, 6.45) is 8.45. The molecule has 1 aliphatic heterocycles. The Labute approximate surface area is 174 Å². The van der Waals surface area contributed by atoms with Gasteiger partial charge in [-0.05, 0) is 87.2 Å². The van der Waals surface area contributed by atoms with Crippen molar-refractivity contribution in [3.63, 3.8) is 0 Å². The van der Waals surface area contributed by atoms with Crippen LogP contribution in [0.2, 0.25) is 0 Å². The summed E-state index contributed by atoms with van der Waals surface area (Å²) < 4.78 is 27.5. The van der Waals surface area contributed by atoms with Gasteiger partial charge in [-0.3, -0.25) is 4.79 Å². The number of rotatable bonds is 5. The molecule has 4 aliphatic carbocycles. The monoisotopic (exact) mass is 416 g/mol. The van der Waals surface area contributed by atoms with E-state index in [1.54, 1.807) is 16.4 Å². The smallest absolute Gasteiger partial charge is 0.243 e. The van der Waals surface area contributed by atoms with Gasteiger partial charge in [0.25, 0.3) is 0 Å². The normalized spacial score (nSPS) is 34.6. The molecule has 1 heterocycles. The van der Waals surface area contributed by atoms with Crippen molar-refractivity contribution in [3.8, 4) is 0 Å². The van der Waals surface area contributed by atoms with Gasteiger partial charge in [-0.15, -0.1) is 0 Å². The molecule has 0 spiro atoms. The summed E-state index contributed by atoms with van der Waals surface area (Å²) in [5.74, 6) is 2.85. The number of aryl methyl sites for hydroxylation is 1. The lowest BCUT2D eigenvalue weighted by atomic mass is 9.80. The van der Waals surface area contributed by atoms with Crippen LogP contribution in [0.4, 0.5) is 0 Å². The predicted octanol–water partition coefficient (Wildman–Crippen LogP) is 3.48. The zero-order valence-corrected chi connectivity index (χ0v) is 18.1. The van der Waals surface area contributed by atoms with Gasteiger partial charge in [0.2, 0.25) is 15.9 Å². The second-order valence-corrected chi connectivity index (χ2v) is 12.0. The van der Waals surface area contributed by atoms with Gasteiger partial charge in [0.1, 0.15) is 0 Å². The highest BCUT2D eigenvalue weighted by Gasteiger charge is 2.58. The zero-order valence-electron chi connectivity index (χ0n) is 17.3. The van der Waals surface area contributed by atoms with E-state index in [9.17, 15) is 13.2 Å². The first-order valence-corrected chi connectivity index (χ1v) is 12.7. The topological polar surface area (TPSA) is 66.5 Å². The first-order valence-electron chi connectivity index (χ1n) is 11.2. The van der Waals surface area contributed by atoms with Crippen LogP contribution in [-0.4, -0.2) is 37.3 Å². The number of hydrogen-bond donors (Lipinski definition) is 1. The maximum absolute atomic E-state index is 13.0. The summed E-state index contributed by atoms with van der Waals surface area (Å²) in [5, 5.41) is 3.47. The standard InChI is InChI=1S/C23H32N2O3S/c1-16-4-2-3-5-21(16)29(27,28)25-8-6-17(7-9-25)13-22(26)24-23-14-18-10-19(15-23)12-20(23)11-18/h2-5,17-20H,6-15H2,1H3,(H,24,26)/t18-,19?,20?,23?/m0/s1. The second kappa shape index (κ2) is 7.09. The number of hydrogen-bond acceptors (Lipinski definition) is 3. The van der Waals surface area contributed by atoms with E-state index in [0.717, 1.165) is 30.2 Å². The molecular formula is C23H32N2O3S. The molecule has 1 aromatic rings. The van der Waals surface area contributed by atoms with Gasteiger partial charge in [0.15, 0.2) is 0 Å². The van der Waals surface area contributed by atoms with Crippen molar-refractivity contribution in [3.05, 3.63) is 29.8 Å². The Morgan fingerprint density at radius 3 is 2.41 bits per heavy atom. The Bertz CT molecular complexity index is 890. The van der Waals surface area contributed by atoms with Crippen LogP contribution in [-0.2, 0) is 14.8 Å². The van der Waals surface area contributed by atoms with Crippen molar-refractivity contribution < 1.29 is 13.2 Å². The fourth-order valence-electron chi connectivity index (χ4n) is 6.93. The number of sulfonamides is 1. The van der Waals surface area contributed by atoms with Crippen LogP contribution < -0.4 is 5.32 Å². The van der Waals surface area contributed by atoms with Crippen molar-refractivity contribution in [1.29, 1.82) is 0 Å². The molecule has 1 aromatic carbocycles. The van der Waals surface area contributed by atoms with E-state index < -0.39 is 10.0 Å². The molecule has 0 aromatic heterocycles. The largest absolute Gasteiger partial charge is 0.350 e. The van der Waals surface area contributed by atoms with Gasteiger partial charge in [-0.1, -0.05) is 18.2 Å². The van der Waals surface area contributed by atoms with Gasteiger partial charge in [0.05, 0.1) is 4.90 Å². The average molecular weight is 417 g/mol. The summed E-state index contributed by atoms with van der Waals surface area (Å²) in [7, 11) is -3.44. The van der Waals surface area contributed by atoms with Crippen LogP contribution in [0.3, 0.4) is 0 Å². The molecule has 5 aliphatic rings. The Kier molecular flexibility index (Phi) is 4.78. The van der Waals surface area contributed by atoms with E-state index in [0.29, 0.717) is 30.3 Å². The number of benzene rings is 1. The van der Waals surface area contributed by atoms with Crippen molar-refractivity contribution in [2.75, 3.05) is 13.1 Å². The quantitative estimate of drug-likeness (QED) is 0.799. The maximum Gasteiger partial charge on any atom is 0.243 e. The lowest BCUT2D eigenvalue weighted by Gasteiger charge is -2.35. The highest BCUT2D eigenvalue weighted by atomic mass is 32.2. The number of nitrogens with zero attached hydrogens (tertiary/aromatic N) is 1. The second-order valence-electron chi connectivity index (χ2n) is 10.1. The summed E-state index contributed by atoms with van der Waals surface area (Å²) in [6.45, 7) is 2.85. The highest BCUT2D eigenvalue weighted by Crippen LogP contribution is 2.60. The van der Waals surface area contributed by atoms with Crippen LogP contribution in [0.5, 0.6) is 0 Å². The number of amides is 1. The zero-order chi connectivity index (χ0) is 20.2. The van der Waals surface area contributed by atoms with Crippen LogP contribution in [0.1, 0.15) is 56.9 Å². The third-order valence-electron chi connectivity index (χ3n) is 8.14. The third-order valence-corrected chi connectivity index (χ3v) is 10.2. The van der Waals surface area contributed by atoms with E-state index in [4.69, 9.17) is 0 Å². The van der Waals surface area contributed by atoms with Gasteiger partial charge in [0, 0.05) is 25.0 Å². The lowest BCUT2D eigenvalue weighted by Crippen LogP contribution is -2.50.